The first-order valence-corrected chi connectivity index (χ1v) is 15.1. The zero-order valence-corrected chi connectivity index (χ0v) is 24.8. The lowest BCUT2D eigenvalue weighted by molar-refractivity contribution is -0.145. The van der Waals surface area contributed by atoms with E-state index in [-0.39, 0.29) is 25.4 Å². The molecular weight excluding hydrogens is 560 g/mol. The molecule has 42 heavy (non-hydrogen) atoms. The number of nitrogens with one attached hydrogen (secondary N) is 4. The molecule has 0 spiro atoms. The summed E-state index contributed by atoms with van der Waals surface area (Å²) in [5.74, 6) is -0.729. The van der Waals surface area contributed by atoms with Crippen molar-refractivity contribution in [1.82, 2.24) is 21.3 Å². The second kappa shape index (κ2) is 19.9. The summed E-state index contributed by atoms with van der Waals surface area (Å²) in [7, 11) is 1.23. The first kappa shape index (κ1) is 34.1. The van der Waals surface area contributed by atoms with Gasteiger partial charge in [-0.25, -0.2) is 9.59 Å². The molecule has 0 heterocycles. The Labute approximate surface area is 250 Å². The predicted octanol–water partition coefficient (Wildman–Crippen LogP) is 2.34. The molecule has 4 N–H and O–H groups in total. The number of hydrogen-bond donors (Lipinski definition) is 4. The van der Waals surface area contributed by atoms with Crippen LogP contribution in [-0.4, -0.2) is 74.1 Å². The van der Waals surface area contributed by atoms with Crippen LogP contribution in [0.2, 0.25) is 0 Å². The summed E-state index contributed by atoms with van der Waals surface area (Å²) in [6.45, 7) is 0.375. The van der Waals surface area contributed by atoms with Crippen LogP contribution in [0.3, 0.4) is 0 Å². The molecule has 0 aromatic heterocycles. The van der Waals surface area contributed by atoms with E-state index in [0.717, 1.165) is 16.9 Å². The lowest BCUT2D eigenvalue weighted by atomic mass is 10.0. The van der Waals surface area contributed by atoms with Crippen LogP contribution in [0.1, 0.15) is 36.8 Å². The predicted molar refractivity (Wildman–Crippen MR) is 160 cm³/mol. The second-order valence-corrected chi connectivity index (χ2v) is 10.4. The molecule has 0 radical (unpaired) electrons. The van der Waals surface area contributed by atoms with Crippen LogP contribution in [-0.2, 0) is 41.7 Å². The van der Waals surface area contributed by atoms with Gasteiger partial charge in [0.2, 0.25) is 18.2 Å². The Morgan fingerprint density at radius 3 is 2.12 bits per heavy atom. The number of alkyl carbamates (subject to hydrolysis) is 1. The van der Waals surface area contributed by atoms with E-state index in [2.05, 4.69) is 21.3 Å². The summed E-state index contributed by atoms with van der Waals surface area (Å²) in [6.07, 6.45) is 3.64. The lowest BCUT2D eigenvalue weighted by Crippen LogP contribution is -2.52. The van der Waals surface area contributed by atoms with Gasteiger partial charge in [0.05, 0.1) is 7.11 Å². The quantitative estimate of drug-likeness (QED) is 0.109. The molecule has 0 aliphatic heterocycles. The summed E-state index contributed by atoms with van der Waals surface area (Å²) < 4.78 is 10.2. The van der Waals surface area contributed by atoms with E-state index in [1.807, 2.05) is 66.9 Å². The van der Waals surface area contributed by atoms with Gasteiger partial charge in [-0.05, 0) is 48.8 Å². The normalized spacial score (nSPS) is 12.6. The second-order valence-electron chi connectivity index (χ2n) is 9.44. The molecule has 2 aromatic rings. The summed E-state index contributed by atoms with van der Waals surface area (Å²) in [5, 5.41) is 10.6. The van der Waals surface area contributed by atoms with Gasteiger partial charge in [-0.3, -0.25) is 14.4 Å². The molecule has 0 saturated carbocycles. The van der Waals surface area contributed by atoms with Crippen molar-refractivity contribution in [1.29, 1.82) is 0 Å². The van der Waals surface area contributed by atoms with E-state index in [0.29, 0.717) is 32.2 Å². The maximum Gasteiger partial charge on any atom is 0.408 e. The fourth-order valence-electron chi connectivity index (χ4n) is 4.05. The van der Waals surface area contributed by atoms with Crippen molar-refractivity contribution < 1.29 is 33.4 Å². The monoisotopic (exact) mass is 600 g/mol. The lowest BCUT2D eigenvalue weighted by Gasteiger charge is -2.22. The Morgan fingerprint density at radius 2 is 1.50 bits per heavy atom. The SMILES string of the molecule is COC(=O)[C@H](CCCCNC(=O)[C@H](CCSC)NC=O)NC(=O)[C@H](Cc1ccccc1)NC(=O)OCc1ccccc1. The average Bonchev–Trinajstić information content (AvgIpc) is 3.01. The number of benzene rings is 2. The number of carbonyl (C=O) groups is 5. The van der Waals surface area contributed by atoms with Crippen molar-refractivity contribution in [3.63, 3.8) is 0 Å². The van der Waals surface area contributed by atoms with E-state index in [9.17, 15) is 24.0 Å². The first-order valence-electron chi connectivity index (χ1n) is 13.7. The van der Waals surface area contributed by atoms with Gasteiger partial charge in [0.1, 0.15) is 24.7 Å². The van der Waals surface area contributed by atoms with Crippen molar-refractivity contribution in [2.24, 2.45) is 0 Å². The van der Waals surface area contributed by atoms with Gasteiger partial charge >= 0.3 is 12.1 Å². The minimum absolute atomic E-state index is 0.0389. The maximum absolute atomic E-state index is 13.3. The molecule has 3 atom stereocenters. The summed E-state index contributed by atoms with van der Waals surface area (Å²) >= 11 is 1.58. The number of amides is 4. The molecule has 11 nitrogen and oxygen atoms in total. The highest BCUT2D eigenvalue weighted by Crippen LogP contribution is 2.08. The van der Waals surface area contributed by atoms with E-state index >= 15 is 0 Å². The van der Waals surface area contributed by atoms with Gasteiger partial charge in [0.15, 0.2) is 0 Å². The fraction of sp³-hybridized carbons (Fsp3) is 0.433. The van der Waals surface area contributed by atoms with Gasteiger partial charge in [-0.15, -0.1) is 0 Å². The third-order valence-corrected chi connectivity index (χ3v) is 6.97. The summed E-state index contributed by atoms with van der Waals surface area (Å²) in [5.41, 5.74) is 1.61. The molecule has 0 unspecified atom stereocenters. The number of thioether (sulfide) groups is 1. The van der Waals surface area contributed by atoms with Crippen molar-refractivity contribution >= 4 is 42.0 Å². The Morgan fingerprint density at radius 1 is 0.833 bits per heavy atom. The number of methoxy groups -OCH3 is 1. The highest BCUT2D eigenvalue weighted by atomic mass is 32.2. The molecule has 12 heteroatoms. The highest BCUT2D eigenvalue weighted by molar-refractivity contribution is 7.98. The molecule has 0 aliphatic rings. The fourth-order valence-corrected chi connectivity index (χ4v) is 4.52. The van der Waals surface area contributed by atoms with Crippen molar-refractivity contribution in [3.8, 4) is 0 Å². The van der Waals surface area contributed by atoms with Crippen molar-refractivity contribution in [2.75, 3.05) is 25.7 Å². The van der Waals surface area contributed by atoms with Crippen LogP contribution >= 0.6 is 11.8 Å². The molecular formula is C30H40N4O7S. The summed E-state index contributed by atoms with van der Waals surface area (Å²) in [4.78, 5) is 61.5. The molecule has 0 fully saturated rings. The number of esters is 1. The third-order valence-electron chi connectivity index (χ3n) is 6.32. The minimum atomic E-state index is -1.01. The molecule has 0 aliphatic carbocycles. The average molecular weight is 601 g/mol. The smallest absolute Gasteiger partial charge is 0.408 e. The molecule has 2 aromatic carbocycles. The standard InChI is InChI=1S/C30H40N4O7S/c1-40-29(38)25(15-9-10-17-31-27(36)24(32-21-35)16-18-42-2)33-28(37)26(19-22-11-5-3-6-12-22)34-30(39)41-20-23-13-7-4-8-14-23/h3-8,11-14,21,24-26H,9-10,15-20H2,1-2H3,(H,31,36)(H,32,35)(H,33,37)(H,34,39)/t24-,25-,26-/m0/s1. The largest absolute Gasteiger partial charge is 0.467 e. The highest BCUT2D eigenvalue weighted by Gasteiger charge is 2.28. The van der Waals surface area contributed by atoms with Gasteiger partial charge in [0, 0.05) is 13.0 Å². The Bertz CT molecular complexity index is 1120. The van der Waals surface area contributed by atoms with Gasteiger partial charge in [0.25, 0.3) is 0 Å². The molecule has 0 bridgehead atoms. The third kappa shape index (κ3) is 13.1. The molecule has 228 valence electrons. The maximum atomic E-state index is 13.3. The van der Waals surface area contributed by atoms with Crippen LogP contribution < -0.4 is 21.3 Å². The Kier molecular flexibility index (Phi) is 16.2. The van der Waals surface area contributed by atoms with Crippen molar-refractivity contribution in [3.05, 3.63) is 71.8 Å². The molecule has 4 amide bonds. The summed E-state index contributed by atoms with van der Waals surface area (Å²) in [6, 6.07) is 15.8. The number of hydrogen-bond acceptors (Lipinski definition) is 8. The number of ether oxygens (including phenoxy) is 2. The number of rotatable bonds is 19. The number of carbonyl (C=O) groups excluding carboxylic acids is 5. The van der Waals surface area contributed by atoms with Crippen LogP contribution in [0, 0.1) is 0 Å². The van der Waals surface area contributed by atoms with Crippen LogP contribution in [0.15, 0.2) is 60.7 Å². The van der Waals surface area contributed by atoms with Gasteiger partial charge in [-0.2, -0.15) is 11.8 Å². The van der Waals surface area contributed by atoms with E-state index in [4.69, 9.17) is 9.47 Å². The Balaban J connectivity index is 1.95. The van der Waals surface area contributed by atoms with E-state index < -0.39 is 36.1 Å². The minimum Gasteiger partial charge on any atom is -0.467 e. The van der Waals surface area contributed by atoms with Gasteiger partial charge < -0.3 is 30.7 Å². The van der Waals surface area contributed by atoms with E-state index in [1.54, 1.807) is 11.8 Å². The van der Waals surface area contributed by atoms with Crippen LogP contribution in [0.25, 0.3) is 0 Å². The zero-order chi connectivity index (χ0) is 30.6. The number of unbranched alkanes of at least 4 members (excludes halogenated alkanes) is 1. The van der Waals surface area contributed by atoms with Crippen LogP contribution in [0.4, 0.5) is 4.79 Å². The van der Waals surface area contributed by atoms with Crippen molar-refractivity contribution in [2.45, 2.75) is 56.8 Å². The van der Waals surface area contributed by atoms with E-state index in [1.165, 1.54) is 7.11 Å². The molecule has 0 saturated heterocycles. The first-order chi connectivity index (χ1) is 20.4. The topological polar surface area (TPSA) is 152 Å². The molecule has 2 rings (SSSR count). The Hall–Kier alpha value is -4.06. The van der Waals surface area contributed by atoms with Gasteiger partial charge in [-0.1, -0.05) is 60.7 Å². The van der Waals surface area contributed by atoms with Crippen LogP contribution in [0.5, 0.6) is 0 Å². The zero-order valence-electron chi connectivity index (χ0n) is 24.0.